The quantitative estimate of drug-likeness (QED) is 0.922. The molecule has 6 heteroatoms. The van der Waals surface area contributed by atoms with Gasteiger partial charge in [0.15, 0.2) is 0 Å². The molecule has 1 saturated heterocycles. The largest absolute Gasteiger partial charge is 0.367 e. The van der Waals surface area contributed by atoms with E-state index in [-0.39, 0.29) is 11.8 Å². The van der Waals surface area contributed by atoms with Crippen LogP contribution in [-0.2, 0) is 4.79 Å². The lowest BCUT2D eigenvalue weighted by atomic mass is 10.1. The molecule has 0 spiro atoms. The number of aryl methyl sites for hydroxylation is 2. The maximum absolute atomic E-state index is 12.5. The molecule has 2 amide bonds. The topological polar surface area (TPSA) is 65.5 Å². The molecule has 26 heavy (non-hydrogen) atoms. The predicted octanol–water partition coefficient (Wildman–Crippen LogP) is 2.62. The molecule has 2 aromatic rings. The number of benzene rings is 1. The van der Waals surface area contributed by atoms with Gasteiger partial charge in [0.1, 0.15) is 5.69 Å². The standard InChI is InChI=1S/C20H24N4O2/c1-14-4-5-15(2)19(12-14)22-20(26)18-7-6-17(13-21-18)24-10-8-23(9-11-24)16(3)25/h4-7,12-13H,8-11H2,1-3H3,(H,22,26). The minimum Gasteiger partial charge on any atom is -0.367 e. The third-order valence-corrected chi connectivity index (χ3v) is 4.71. The van der Waals surface area contributed by atoms with E-state index in [1.807, 2.05) is 43.0 Å². The first kappa shape index (κ1) is 17.9. The van der Waals surface area contributed by atoms with Gasteiger partial charge in [-0.15, -0.1) is 0 Å². The first-order valence-electron chi connectivity index (χ1n) is 8.79. The minimum absolute atomic E-state index is 0.112. The zero-order valence-corrected chi connectivity index (χ0v) is 15.5. The molecule has 0 saturated carbocycles. The van der Waals surface area contributed by atoms with Crippen LogP contribution >= 0.6 is 0 Å². The summed E-state index contributed by atoms with van der Waals surface area (Å²) < 4.78 is 0. The van der Waals surface area contributed by atoms with Crippen LogP contribution in [0.5, 0.6) is 0 Å². The van der Waals surface area contributed by atoms with Crippen LogP contribution in [0.3, 0.4) is 0 Å². The van der Waals surface area contributed by atoms with Gasteiger partial charge in [0.25, 0.3) is 5.91 Å². The average molecular weight is 352 g/mol. The summed E-state index contributed by atoms with van der Waals surface area (Å²) in [4.78, 5) is 32.2. The average Bonchev–Trinajstić information content (AvgIpc) is 2.65. The van der Waals surface area contributed by atoms with Gasteiger partial charge >= 0.3 is 0 Å². The number of piperazine rings is 1. The molecule has 0 aliphatic carbocycles. The van der Waals surface area contributed by atoms with E-state index in [4.69, 9.17) is 0 Å². The summed E-state index contributed by atoms with van der Waals surface area (Å²) >= 11 is 0. The van der Waals surface area contributed by atoms with Gasteiger partial charge < -0.3 is 15.1 Å². The Balaban J connectivity index is 1.65. The number of carbonyl (C=O) groups excluding carboxylic acids is 2. The number of aromatic nitrogens is 1. The van der Waals surface area contributed by atoms with Crippen molar-refractivity contribution in [1.82, 2.24) is 9.88 Å². The summed E-state index contributed by atoms with van der Waals surface area (Å²) in [5, 5.41) is 2.93. The van der Waals surface area contributed by atoms with Gasteiger partial charge in [-0.1, -0.05) is 12.1 Å². The predicted molar refractivity (Wildman–Crippen MR) is 103 cm³/mol. The Bertz CT molecular complexity index is 809. The molecule has 1 fully saturated rings. The Morgan fingerprint density at radius 2 is 1.77 bits per heavy atom. The van der Waals surface area contributed by atoms with Gasteiger partial charge in [-0.25, -0.2) is 4.98 Å². The van der Waals surface area contributed by atoms with Crippen LogP contribution in [0.25, 0.3) is 0 Å². The van der Waals surface area contributed by atoms with Gasteiger partial charge in [0, 0.05) is 38.8 Å². The van der Waals surface area contributed by atoms with E-state index < -0.39 is 0 Å². The molecule has 1 aliphatic heterocycles. The lowest BCUT2D eigenvalue weighted by Gasteiger charge is -2.35. The van der Waals surface area contributed by atoms with Gasteiger partial charge in [0.2, 0.25) is 5.91 Å². The summed E-state index contributed by atoms with van der Waals surface area (Å²) in [6.45, 7) is 8.53. The van der Waals surface area contributed by atoms with Gasteiger partial charge in [-0.05, 0) is 43.2 Å². The maximum Gasteiger partial charge on any atom is 0.274 e. The van der Waals surface area contributed by atoms with Crippen molar-refractivity contribution >= 4 is 23.2 Å². The van der Waals surface area contributed by atoms with Crippen molar-refractivity contribution in [3.05, 3.63) is 53.3 Å². The first-order valence-corrected chi connectivity index (χ1v) is 8.79. The second kappa shape index (κ2) is 7.56. The molecule has 1 N–H and O–H groups in total. The monoisotopic (exact) mass is 352 g/mol. The van der Waals surface area contributed by atoms with E-state index in [0.29, 0.717) is 18.8 Å². The van der Waals surface area contributed by atoms with Crippen molar-refractivity contribution in [2.45, 2.75) is 20.8 Å². The van der Waals surface area contributed by atoms with E-state index in [0.717, 1.165) is 35.6 Å². The van der Waals surface area contributed by atoms with E-state index in [2.05, 4.69) is 15.2 Å². The molecular formula is C20H24N4O2. The number of nitrogens with zero attached hydrogens (tertiary/aromatic N) is 3. The van der Waals surface area contributed by atoms with Crippen LogP contribution in [0, 0.1) is 13.8 Å². The molecule has 6 nitrogen and oxygen atoms in total. The maximum atomic E-state index is 12.5. The Labute approximate surface area is 153 Å². The number of amides is 2. The van der Waals surface area contributed by atoms with Crippen LogP contribution in [-0.4, -0.2) is 47.9 Å². The van der Waals surface area contributed by atoms with E-state index >= 15 is 0 Å². The fraction of sp³-hybridized carbons (Fsp3) is 0.350. The zero-order chi connectivity index (χ0) is 18.7. The van der Waals surface area contributed by atoms with Crippen LogP contribution in [0.15, 0.2) is 36.5 Å². The number of carbonyl (C=O) groups is 2. The highest BCUT2D eigenvalue weighted by atomic mass is 16.2. The minimum atomic E-state index is -0.216. The highest BCUT2D eigenvalue weighted by Crippen LogP contribution is 2.19. The molecule has 1 aromatic carbocycles. The lowest BCUT2D eigenvalue weighted by molar-refractivity contribution is -0.129. The number of pyridine rings is 1. The molecule has 3 rings (SSSR count). The summed E-state index contributed by atoms with van der Waals surface area (Å²) in [6.07, 6.45) is 1.72. The van der Waals surface area contributed by atoms with Crippen molar-refractivity contribution in [2.75, 3.05) is 36.4 Å². The van der Waals surface area contributed by atoms with Crippen molar-refractivity contribution in [3.8, 4) is 0 Å². The number of rotatable bonds is 3. The van der Waals surface area contributed by atoms with Gasteiger partial charge in [-0.3, -0.25) is 9.59 Å². The van der Waals surface area contributed by atoms with Crippen LogP contribution in [0.1, 0.15) is 28.5 Å². The van der Waals surface area contributed by atoms with Crippen molar-refractivity contribution in [3.63, 3.8) is 0 Å². The molecule has 0 bridgehead atoms. The van der Waals surface area contributed by atoms with Crippen molar-refractivity contribution in [1.29, 1.82) is 0 Å². The van der Waals surface area contributed by atoms with Crippen LogP contribution < -0.4 is 10.2 Å². The third-order valence-electron chi connectivity index (χ3n) is 4.71. The fourth-order valence-corrected chi connectivity index (χ4v) is 3.04. The smallest absolute Gasteiger partial charge is 0.274 e. The fourth-order valence-electron chi connectivity index (χ4n) is 3.04. The number of hydrogen-bond acceptors (Lipinski definition) is 4. The summed E-state index contributed by atoms with van der Waals surface area (Å²) in [5.41, 5.74) is 4.28. The summed E-state index contributed by atoms with van der Waals surface area (Å²) in [7, 11) is 0. The second-order valence-corrected chi connectivity index (χ2v) is 6.67. The van der Waals surface area contributed by atoms with Gasteiger partial charge in [-0.2, -0.15) is 0 Å². The molecule has 2 heterocycles. The normalized spacial score (nSPS) is 14.3. The Hall–Kier alpha value is -2.89. The molecular weight excluding hydrogens is 328 g/mol. The summed E-state index contributed by atoms with van der Waals surface area (Å²) in [6, 6.07) is 9.61. The Morgan fingerprint density at radius 1 is 1.04 bits per heavy atom. The highest BCUT2D eigenvalue weighted by Gasteiger charge is 2.19. The lowest BCUT2D eigenvalue weighted by Crippen LogP contribution is -2.48. The summed E-state index contributed by atoms with van der Waals surface area (Å²) in [5.74, 6) is -0.104. The Kier molecular flexibility index (Phi) is 5.21. The molecule has 0 atom stereocenters. The molecule has 1 aliphatic rings. The Morgan fingerprint density at radius 3 is 2.38 bits per heavy atom. The number of hydrogen-bond donors (Lipinski definition) is 1. The van der Waals surface area contributed by atoms with E-state index in [1.54, 1.807) is 19.2 Å². The first-order chi connectivity index (χ1) is 12.4. The van der Waals surface area contributed by atoms with E-state index in [9.17, 15) is 9.59 Å². The van der Waals surface area contributed by atoms with E-state index in [1.165, 1.54) is 0 Å². The molecule has 1 aromatic heterocycles. The second-order valence-electron chi connectivity index (χ2n) is 6.67. The van der Waals surface area contributed by atoms with Crippen LogP contribution in [0.2, 0.25) is 0 Å². The van der Waals surface area contributed by atoms with Gasteiger partial charge in [0.05, 0.1) is 11.9 Å². The van der Waals surface area contributed by atoms with Crippen molar-refractivity contribution < 1.29 is 9.59 Å². The zero-order valence-electron chi connectivity index (χ0n) is 15.5. The SMILES string of the molecule is CC(=O)N1CCN(c2ccc(C(=O)Nc3cc(C)ccc3C)nc2)CC1. The number of nitrogens with one attached hydrogen (secondary N) is 1. The molecule has 0 unspecified atom stereocenters. The third kappa shape index (κ3) is 4.02. The van der Waals surface area contributed by atoms with Crippen molar-refractivity contribution in [2.24, 2.45) is 0 Å². The highest BCUT2D eigenvalue weighted by molar-refractivity contribution is 6.03. The molecule has 136 valence electrons. The molecule has 0 radical (unpaired) electrons. The van der Waals surface area contributed by atoms with Crippen LogP contribution in [0.4, 0.5) is 11.4 Å². The number of anilines is 2.